The maximum absolute atomic E-state index is 10.7. The largest absolute Gasteiger partial charge is 0.366 e. The second kappa shape index (κ2) is 6.85. The van der Waals surface area contributed by atoms with Crippen LogP contribution in [0.3, 0.4) is 0 Å². The van der Waals surface area contributed by atoms with E-state index >= 15 is 0 Å². The maximum Gasteiger partial charge on any atom is 0.289 e. The van der Waals surface area contributed by atoms with E-state index < -0.39 is 4.92 Å². The Labute approximate surface area is 118 Å². The highest BCUT2D eigenvalue weighted by atomic mass is 16.6. The van der Waals surface area contributed by atoms with Crippen LogP contribution in [-0.4, -0.2) is 15.9 Å². The Morgan fingerprint density at radius 1 is 1.30 bits per heavy atom. The molecule has 0 bridgehead atoms. The van der Waals surface area contributed by atoms with Gasteiger partial charge in [-0.25, -0.2) is 4.98 Å². The molecule has 1 fully saturated rings. The van der Waals surface area contributed by atoms with Crippen molar-refractivity contribution in [2.24, 2.45) is 0 Å². The minimum atomic E-state index is -0.534. The molecule has 1 aromatic rings. The standard InChI is InChI=1S/C14H18N4O2/c15-9-11-8-13(18(19)20)10-16-14(11)17-12-6-4-2-1-3-5-7-12/h8,10,12H,1-7H2,(H,16,17). The first-order valence-electron chi connectivity index (χ1n) is 7.02. The number of anilines is 1. The third-order valence-corrected chi connectivity index (χ3v) is 3.65. The minimum absolute atomic E-state index is 0.148. The van der Waals surface area contributed by atoms with Crippen LogP contribution >= 0.6 is 0 Å². The molecule has 0 radical (unpaired) electrons. The van der Waals surface area contributed by atoms with E-state index in [2.05, 4.69) is 10.3 Å². The van der Waals surface area contributed by atoms with Crippen molar-refractivity contribution >= 4 is 11.5 Å². The molecular weight excluding hydrogens is 256 g/mol. The summed E-state index contributed by atoms with van der Waals surface area (Å²) in [5, 5.41) is 23.1. The van der Waals surface area contributed by atoms with Gasteiger partial charge in [0.25, 0.3) is 5.69 Å². The van der Waals surface area contributed by atoms with Crippen molar-refractivity contribution in [3.63, 3.8) is 0 Å². The van der Waals surface area contributed by atoms with Crippen molar-refractivity contribution in [1.29, 1.82) is 5.26 Å². The van der Waals surface area contributed by atoms with Crippen LogP contribution in [0.15, 0.2) is 12.3 Å². The molecule has 0 aromatic carbocycles. The molecule has 0 spiro atoms. The second-order valence-corrected chi connectivity index (χ2v) is 5.14. The Balaban J connectivity index is 2.11. The van der Waals surface area contributed by atoms with Gasteiger partial charge in [0.15, 0.2) is 0 Å². The summed E-state index contributed by atoms with van der Waals surface area (Å²) in [4.78, 5) is 14.2. The number of hydrogen-bond donors (Lipinski definition) is 1. The number of nitro groups is 1. The van der Waals surface area contributed by atoms with Gasteiger partial charge in [-0.1, -0.05) is 32.1 Å². The normalized spacial score (nSPS) is 16.8. The summed E-state index contributed by atoms with van der Waals surface area (Å²) < 4.78 is 0. The van der Waals surface area contributed by atoms with Gasteiger partial charge in [-0.05, 0) is 12.8 Å². The zero-order valence-electron chi connectivity index (χ0n) is 11.3. The number of nitrogens with zero attached hydrogens (tertiary/aromatic N) is 3. The highest BCUT2D eigenvalue weighted by Gasteiger charge is 2.16. The highest BCUT2D eigenvalue weighted by Crippen LogP contribution is 2.23. The lowest BCUT2D eigenvalue weighted by Gasteiger charge is -2.21. The molecule has 1 heterocycles. The van der Waals surface area contributed by atoms with Crippen molar-refractivity contribution in [3.8, 4) is 6.07 Å². The van der Waals surface area contributed by atoms with Crippen LogP contribution in [0.4, 0.5) is 11.5 Å². The molecule has 6 nitrogen and oxygen atoms in total. The fraction of sp³-hybridized carbons (Fsp3) is 0.571. The quantitative estimate of drug-likeness (QED) is 0.673. The van der Waals surface area contributed by atoms with Gasteiger partial charge in [0.05, 0.1) is 4.92 Å². The summed E-state index contributed by atoms with van der Waals surface area (Å²) in [7, 11) is 0. The van der Waals surface area contributed by atoms with Crippen LogP contribution in [-0.2, 0) is 0 Å². The number of pyridine rings is 1. The fourth-order valence-corrected chi connectivity index (χ4v) is 2.55. The Hall–Kier alpha value is -2.16. The Morgan fingerprint density at radius 2 is 1.95 bits per heavy atom. The van der Waals surface area contributed by atoms with Crippen LogP contribution in [0.2, 0.25) is 0 Å². The molecule has 1 saturated carbocycles. The summed E-state index contributed by atoms with van der Waals surface area (Å²) in [6.45, 7) is 0. The van der Waals surface area contributed by atoms with Crippen molar-refractivity contribution in [2.75, 3.05) is 5.32 Å². The van der Waals surface area contributed by atoms with Crippen LogP contribution in [0.5, 0.6) is 0 Å². The molecule has 6 heteroatoms. The molecule has 20 heavy (non-hydrogen) atoms. The van der Waals surface area contributed by atoms with Gasteiger partial charge in [-0.15, -0.1) is 0 Å². The summed E-state index contributed by atoms with van der Waals surface area (Å²) in [6, 6.07) is 3.56. The van der Waals surface area contributed by atoms with Gasteiger partial charge in [-0.3, -0.25) is 10.1 Å². The van der Waals surface area contributed by atoms with Crippen molar-refractivity contribution < 1.29 is 4.92 Å². The van der Waals surface area contributed by atoms with Gasteiger partial charge in [0.1, 0.15) is 23.6 Å². The first-order valence-corrected chi connectivity index (χ1v) is 7.02. The minimum Gasteiger partial charge on any atom is -0.366 e. The van der Waals surface area contributed by atoms with E-state index in [9.17, 15) is 10.1 Å². The summed E-state index contributed by atoms with van der Waals surface area (Å²) in [5.74, 6) is 0.462. The molecule has 0 amide bonds. The Bertz CT molecular complexity index is 516. The molecule has 1 aliphatic rings. The van der Waals surface area contributed by atoms with Gasteiger partial charge >= 0.3 is 0 Å². The van der Waals surface area contributed by atoms with Gasteiger partial charge in [0.2, 0.25) is 0 Å². The van der Waals surface area contributed by atoms with E-state index in [4.69, 9.17) is 5.26 Å². The first-order chi connectivity index (χ1) is 9.70. The zero-order chi connectivity index (χ0) is 14.4. The summed E-state index contributed by atoms with van der Waals surface area (Å²) in [5.41, 5.74) is 0.0889. The van der Waals surface area contributed by atoms with E-state index in [0.717, 1.165) is 12.8 Å². The molecule has 0 atom stereocenters. The fourth-order valence-electron chi connectivity index (χ4n) is 2.55. The Kier molecular flexibility index (Phi) is 4.88. The summed E-state index contributed by atoms with van der Waals surface area (Å²) >= 11 is 0. The van der Waals surface area contributed by atoms with Crippen LogP contribution in [0, 0.1) is 21.4 Å². The number of nitrogens with one attached hydrogen (secondary N) is 1. The van der Waals surface area contributed by atoms with Crippen molar-refractivity contribution in [2.45, 2.75) is 51.0 Å². The molecule has 1 aromatic heterocycles. The van der Waals surface area contributed by atoms with E-state index in [1.54, 1.807) is 0 Å². The van der Waals surface area contributed by atoms with Crippen LogP contribution in [0.25, 0.3) is 0 Å². The predicted molar refractivity (Wildman–Crippen MR) is 75.3 cm³/mol. The monoisotopic (exact) mass is 274 g/mol. The molecule has 0 aliphatic heterocycles. The lowest BCUT2D eigenvalue weighted by molar-refractivity contribution is -0.385. The van der Waals surface area contributed by atoms with E-state index in [0.29, 0.717) is 11.9 Å². The number of aromatic nitrogens is 1. The first kappa shape index (κ1) is 14.3. The lowest BCUT2D eigenvalue weighted by Crippen LogP contribution is -2.21. The lowest BCUT2D eigenvalue weighted by atomic mass is 9.96. The van der Waals surface area contributed by atoms with Gasteiger partial charge in [-0.2, -0.15) is 5.26 Å². The predicted octanol–water partition coefficient (Wildman–Crippen LogP) is 3.39. The topological polar surface area (TPSA) is 91.8 Å². The smallest absolute Gasteiger partial charge is 0.289 e. The van der Waals surface area contributed by atoms with Gasteiger partial charge in [0, 0.05) is 12.1 Å². The average Bonchev–Trinajstić information content (AvgIpc) is 2.41. The third kappa shape index (κ3) is 3.67. The van der Waals surface area contributed by atoms with Gasteiger partial charge < -0.3 is 5.32 Å². The zero-order valence-corrected chi connectivity index (χ0v) is 11.3. The van der Waals surface area contributed by atoms with Crippen molar-refractivity contribution in [1.82, 2.24) is 4.98 Å². The van der Waals surface area contributed by atoms with E-state index in [1.165, 1.54) is 44.4 Å². The molecule has 2 rings (SSSR count). The molecule has 1 N–H and O–H groups in total. The average molecular weight is 274 g/mol. The molecule has 0 saturated heterocycles. The van der Waals surface area contributed by atoms with E-state index in [1.807, 2.05) is 6.07 Å². The third-order valence-electron chi connectivity index (χ3n) is 3.65. The second-order valence-electron chi connectivity index (χ2n) is 5.14. The van der Waals surface area contributed by atoms with Crippen LogP contribution < -0.4 is 5.32 Å². The number of rotatable bonds is 3. The molecular formula is C14H18N4O2. The van der Waals surface area contributed by atoms with Crippen LogP contribution in [0.1, 0.15) is 50.5 Å². The number of nitriles is 1. The molecule has 1 aliphatic carbocycles. The maximum atomic E-state index is 10.7. The SMILES string of the molecule is N#Cc1cc([N+](=O)[O-])cnc1NC1CCCCCCC1. The van der Waals surface area contributed by atoms with E-state index in [-0.39, 0.29) is 11.3 Å². The molecule has 106 valence electrons. The van der Waals surface area contributed by atoms with Crippen molar-refractivity contribution in [3.05, 3.63) is 27.9 Å². The number of hydrogen-bond acceptors (Lipinski definition) is 5. The highest BCUT2D eigenvalue weighted by molar-refractivity contribution is 5.55. The Morgan fingerprint density at radius 3 is 2.55 bits per heavy atom. The summed E-state index contributed by atoms with van der Waals surface area (Å²) in [6.07, 6.45) is 9.46. The molecule has 0 unspecified atom stereocenters.